The second kappa shape index (κ2) is 5.85. The van der Waals surface area contributed by atoms with Crippen LogP contribution >= 0.6 is 11.6 Å². The van der Waals surface area contributed by atoms with E-state index < -0.39 is 0 Å². The fourth-order valence-corrected chi connectivity index (χ4v) is 2.55. The van der Waals surface area contributed by atoms with Crippen LogP contribution in [0.3, 0.4) is 0 Å². The molecule has 1 heteroatoms. The van der Waals surface area contributed by atoms with Gasteiger partial charge in [-0.1, -0.05) is 45.4 Å². The highest BCUT2D eigenvalue weighted by molar-refractivity contribution is 6.20. The molecule has 0 N–H and O–H groups in total. The van der Waals surface area contributed by atoms with Crippen LogP contribution in [-0.4, -0.2) is 5.38 Å². The van der Waals surface area contributed by atoms with Gasteiger partial charge in [-0.25, -0.2) is 0 Å². The van der Waals surface area contributed by atoms with Gasteiger partial charge in [0.25, 0.3) is 0 Å². The Balaban J connectivity index is 2.20. The van der Waals surface area contributed by atoms with Crippen molar-refractivity contribution in [3.63, 3.8) is 0 Å². The Morgan fingerprint density at radius 3 is 2.17 bits per heavy atom. The van der Waals surface area contributed by atoms with Gasteiger partial charge < -0.3 is 0 Å². The van der Waals surface area contributed by atoms with Crippen LogP contribution in [-0.2, 0) is 0 Å². The summed E-state index contributed by atoms with van der Waals surface area (Å²) in [6.45, 7) is 2.29. The van der Waals surface area contributed by atoms with Crippen molar-refractivity contribution >= 4 is 11.6 Å². The van der Waals surface area contributed by atoms with Crippen molar-refractivity contribution in [3.05, 3.63) is 0 Å². The van der Waals surface area contributed by atoms with Crippen LogP contribution in [0.1, 0.15) is 58.3 Å². The molecular formula is C11H21Cl. The first-order chi connectivity index (χ1) is 5.83. The third-order valence-corrected chi connectivity index (χ3v) is 3.39. The Hall–Kier alpha value is 0.290. The molecule has 0 amide bonds. The summed E-state index contributed by atoms with van der Waals surface area (Å²) >= 11 is 6.12. The van der Waals surface area contributed by atoms with Gasteiger partial charge in [0.05, 0.1) is 0 Å². The van der Waals surface area contributed by atoms with Crippen LogP contribution in [0.15, 0.2) is 0 Å². The minimum Gasteiger partial charge on any atom is -0.123 e. The standard InChI is InChI=1S/C11H21Cl/c1-2-5-10-6-3-8-11(12)9-4-7-10/h10-11H,2-9H2,1H3. The lowest BCUT2D eigenvalue weighted by atomic mass is 9.88. The molecule has 0 aromatic carbocycles. The van der Waals surface area contributed by atoms with E-state index in [0.29, 0.717) is 5.38 Å². The molecule has 0 aliphatic heterocycles. The lowest BCUT2D eigenvalue weighted by Gasteiger charge is -2.20. The number of hydrogen-bond acceptors (Lipinski definition) is 0. The molecule has 0 bridgehead atoms. The van der Waals surface area contributed by atoms with Crippen LogP contribution in [0.4, 0.5) is 0 Å². The maximum Gasteiger partial charge on any atom is 0.0336 e. The van der Waals surface area contributed by atoms with E-state index in [1.165, 1.54) is 51.4 Å². The largest absolute Gasteiger partial charge is 0.123 e. The van der Waals surface area contributed by atoms with Crippen LogP contribution in [0.25, 0.3) is 0 Å². The Kier molecular flexibility index (Phi) is 5.06. The summed E-state index contributed by atoms with van der Waals surface area (Å²) in [5, 5.41) is 0.479. The predicted molar refractivity (Wildman–Crippen MR) is 55.7 cm³/mol. The Bertz CT molecular complexity index is 102. The first-order valence-corrected chi connectivity index (χ1v) is 5.90. The Morgan fingerprint density at radius 2 is 1.67 bits per heavy atom. The molecule has 0 unspecified atom stereocenters. The van der Waals surface area contributed by atoms with E-state index in [2.05, 4.69) is 6.92 Å². The summed E-state index contributed by atoms with van der Waals surface area (Å²) in [6.07, 6.45) is 10.9. The topological polar surface area (TPSA) is 0 Å². The number of alkyl halides is 1. The third kappa shape index (κ3) is 3.80. The van der Waals surface area contributed by atoms with E-state index in [1.807, 2.05) is 0 Å². The molecule has 0 nitrogen and oxygen atoms in total. The molecule has 72 valence electrons. The van der Waals surface area contributed by atoms with Crippen LogP contribution < -0.4 is 0 Å². The van der Waals surface area contributed by atoms with Gasteiger partial charge in [0, 0.05) is 5.38 Å². The van der Waals surface area contributed by atoms with Crippen molar-refractivity contribution < 1.29 is 0 Å². The number of hydrogen-bond donors (Lipinski definition) is 0. The lowest BCUT2D eigenvalue weighted by molar-refractivity contribution is 0.358. The minimum atomic E-state index is 0.479. The summed E-state index contributed by atoms with van der Waals surface area (Å²) in [7, 11) is 0. The minimum absolute atomic E-state index is 0.479. The SMILES string of the molecule is CCCC1CCCC(Cl)CCC1. The average Bonchev–Trinajstić information content (AvgIpc) is 2.00. The van der Waals surface area contributed by atoms with Gasteiger partial charge in [0.15, 0.2) is 0 Å². The molecule has 0 heterocycles. The maximum absolute atomic E-state index is 6.12. The van der Waals surface area contributed by atoms with Gasteiger partial charge in [0.1, 0.15) is 0 Å². The van der Waals surface area contributed by atoms with Crippen molar-refractivity contribution in [3.8, 4) is 0 Å². The summed E-state index contributed by atoms with van der Waals surface area (Å²) in [5.74, 6) is 1.01. The van der Waals surface area contributed by atoms with Gasteiger partial charge >= 0.3 is 0 Å². The molecule has 1 fully saturated rings. The quantitative estimate of drug-likeness (QED) is 0.565. The molecule has 0 saturated heterocycles. The highest BCUT2D eigenvalue weighted by atomic mass is 35.5. The normalized spacial score (nSPS) is 32.5. The Morgan fingerprint density at radius 1 is 1.08 bits per heavy atom. The fraction of sp³-hybridized carbons (Fsp3) is 1.00. The second-order valence-electron chi connectivity index (χ2n) is 4.11. The molecule has 1 aliphatic carbocycles. The van der Waals surface area contributed by atoms with E-state index in [-0.39, 0.29) is 0 Å². The van der Waals surface area contributed by atoms with Gasteiger partial charge in [-0.2, -0.15) is 0 Å². The summed E-state index contributed by atoms with van der Waals surface area (Å²) in [6, 6.07) is 0. The molecule has 1 saturated carbocycles. The van der Waals surface area contributed by atoms with E-state index in [1.54, 1.807) is 0 Å². The van der Waals surface area contributed by atoms with Gasteiger partial charge in [-0.05, 0) is 18.8 Å². The molecule has 0 aromatic heterocycles. The van der Waals surface area contributed by atoms with Crippen molar-refractivity contribution in [2.24, 2.45) is 5.92 Å². The Labute approximate surface area is 81.7 Å². The van der Waals surface area contributed by atoms with E-state index in [9.17, 15) is 0 Å². The molecule has 0 aromatic rings. The van der Waals surface area contributed by atoms with Gasteiger partial charge in [-0.3, -0.25) is 0 Å². The average molecular weight is 189 g/mol. The van der Waals surface area contributed by atoms with Crippen molar-refractivity contribution in [2.45, 2.75) is 63.7 Å². The summed E-state index contributed by atoms with van der Waals surface area (Å²) in [4.78, 5) is 0. The van der Waals surface area contributed by atoms with E-state index in [4.69, 9.17) is 11.6 Å². The maximum atomic E-state index is 6.12. The van der Waals surface area contributed by atoms with E-state index in [0.717, 1.165) is 5.92 Å². The van der Waals surface area contributed by atoms with Crippen molar-refractivity contribution in [1.29, 1.82) is 0 Å². The number of halogens is 1. The first kappa shape index (κ1) is 10.4. The highest BCUT2D eigenvalue weighted by Crippen LogP contribution is 2.27. The molecule has 0 atom stereocenters. The highest BCUT2D eigenvalue weighted by Gasteiger charge is 2.14. The van der Waals surface area contributed by atoms with Gasteiger partial charge in [0.2, 0.25) is 0 Å². The number of rotatable bonds is 2. The zero-order valence-corrected chi connectivity index (χ0v) is 8.95. The summed E-state index contributed by atoms with van der Waals surface area (Å²) in [5.41, 5.74) is 0. The molecule has 1 rings (SSSR count). The zero-order chi connectivity index (χ0) is 8.81. The first-order valence-electron chi connectivity index (χ1n) is 5.47. The van der Waals surface area contributed by atoms with Crippen LogP contribution in [0.5, 0.6) is 0 Å². The van der Waals surface area contributed by atoms with Crippen LogP contribution in [0.2, 0.25) is 0 Å². The van der Waals surface area contributed by atoms with E-state index >= 15 is 0 Å². The molecular weight excluding hydrogens is 168 g/mol. The lowest BCUT2D eigenvalue weighted by Crippen LogP contribution is -2.08. The predicted octanol–water partition coefficient (Wildman–Crippen LogP) is 4.36. The second-order valence-corrected chi connectivity index (χ2v) is 4.73. The molecule has 12 heavy (non-hydrogen) atoms. The monoisotopic (exact) mass is 188 g/mol. The van der Waals surface area contributed by atoms with Crippen molar-refractivity contribution in [2.75, 3.05) is 0 Å². The molecule has 0 spiro atoms. The van der Waals surface area contributed by atoms with Gasteiger partial charge in [-0.15, -0.1) is 11.6 Å². The fourth-order valence-electron chi connectivity index (χ4n) is 2.24. The molecule has 0 radical (unpaired) electrons. The zero-order valence-electron chi connectivity index (χ0n) is 8.19. The van der Waals surface area contributed by atoms with Crippen LogP contribution in [0, 0.1) is 5.92 Å². The summed E-state index contributed by atoms with van der Waals surface area (Å²) < 4.78 is 0. The third-order valence-electron chi connectivity index (χ3n) is 2.96. The molecule has 1 aliphatic rings. The smallest absolute Gasteiger partial charge is 0.0336 e. The van der Waals surface area contributed by atoms with Crippen molar-refractivity contribution in [1.82, 2.24) is 0 Å².